The van der Waals surface area contributed by atoms with Crippen LogP contribution in [0.3, 0.4) is 0 Å². The zero-order chi connectivity index (χ0) is 36.3. The van der Waals surface area contributed by atoms with Crippen LogP contribution >= 0.6 is 0 Å². The molecule has 3 heteroatoms. The van der Waals surface area contributed by atoms with Gasteiger partial charge in [0.25, 0.3) is 0 Å². The molecule has 2 heterocycles. The van der Waals surface area contributed by atoms with E-state index in [0.717, 1.165) is 50.3 Å². The van der Waals surface area contributed by atoms with Crippen molar-refractivity contribution in [3.63, 3.8) is 0 Å². The summed E-state index contributed by atoms with van der Waals surface area (Å²) < 4.78 is 9.15. The van der Waals surface area contributed by atoms with Crippen LogP contribution in [-0.4, -0.2) is 4.57 Å². The van der Waals surface area contributed by atoms with Gasteiger partial charge in [-0.25, -0.2) is 0 Å². The first-order chi connectivity index (χ1) is 27.3. The van der Waals surface area contributed by atoms with E-state index in [1.165, 1.54) is 49.3 Å². The largest absolute Gasteiger partial charge is 0.454 e. The molecule has 0 radical (unpaired) electrons. The van der Waals surface area contributed by atoms with Gasteiger partial charge in [-0.05, 0) is 93.7 Å². The number of hydrogen-bond acceptors (Lipinski definition) is 2. The molecule has 0 aliphatic rings. The molecule has 0 aliphatic heterocycles. The summed E-state index contributed by atoms with van der Waals surface area (Å²) in [6.45, 7) is 0. The minimum atomic E-state index is 0.868. The van der Waals surface area contributed by atoms with Crippen molar-refractivity contribution in [3.05, 3.63) is 206 Å². The Kier molecular flexibility index (Phi) is 7.17. The summed E-state index contributed by atoms with van der Waals surface area (Å²) in [5.74, 6) is 0. The van der Waals surface area contributed by atoms with Crippen LogP contribution in [0.25, 0.3) is 82.5 Å². The van der Waals surface area contributed by atoms with Crippen LogP contribution in [0.15, 0.2) is 211 Å². The van der Waals surface area contributed by atoms with E-state index in [9.17, 15) is 0 Å². The van der Waals surface area contributed by atoms with Crippen molar-refractivity contribution in [2.45, 2.75) is 0 Å². The van der Waals surface area contributed by atoms with Crippen molar-refractivity contribution in [2.75, 3.05) is 4.90 Å². The molecule has 55 heavy (non-hydrogen) atoms. The smallest absolute Gasteiger partial charge is 0.160 e. The van der Waals surface area contributed by atoms with Gasteiger partial charge < -0.3 is 13.9 Å². The molecular formula is C52H34N2O. The van der Waals surface area contributed by atoms with Gasteiger partial charge in [0, 0.05) is 38.6 Å². The number of hydrogen-bond donors (Lipinski definition) is 0. The number of furan rings is 1. The van der Waals surface area contributed by atoms with Crippen LogP contribution in [0.5, 0.6) is 0 Å². The van der Waals surface area contributed by atoms with E-state index in [4.69, 9.17) is 4.42 Å². The summed E-state index contributed by atoms with van der Waals surface area (Å²) in [5, 5.41) is 7.10. The molecule has 0 saturated carbocycles. The topological polar surface area (TPSA) is 21.3 Å². The van der Waals surface area contributed by atoms with Crippen molar-refractivity contribution in [2.24, 2.45) is 0 Å². The predicted molar refractivity (Wildman–Crippen MR) is 231 cm³/mol. The molecule has 0 bridgehead atoms. The molecule has 0 unspecified atom stereocenters. The molecule has 3 nitrogen and oxygen atoms in total. The first-order valence-electron chi connectivity index (χ1n) is 18.8. The van der Waals surface area contributed by atoms with Crippen LogP contribution in [0.2, 0.25) is 0 Å². The molecule has 0 spiro atoms. The van der Waals surface area contributed by atoms with Gasteiger partial charge in [0.2, 0.25) is 0 Å². The number of benzene rings is 9. The first kappa shape index (κ1) is 31.2. The third-order valence-corrected chi connectivity index (χ3v) is 11.0. The van der Waals surface area contributed by atoms with Crippen LogP contribution in [-0.2, 0) is 0 Å². The minimum Gasteiger partial charge on any atom is -0.454 e. The SMILES string of the molecule is c1ccc(-c2ccc(-c3ccc(N(c4ccc(-n5c6ccccc6c6ccccc65)cc4)c4cc5ccccc5c5c4oc4ccccc45)cc3)cc2)cc1. The van der Waals surface area contributed by atoms with Crippen LogP contribution in [0.4, 0.5) is 17.1 Å². The maximum absolute atomic E-state index is 6.79. The molecule has 258 valence electrons. The Morgan fingerprint density at radius 3 is 1.49 bits per heavy atom. The average Bonchev–Trinajstić information content (AvgIpc) is 3.82. The van der Waals surface area contributed by atoms with Gasteiger partial charge in [0.15, 0.2) is 5.58 Å². The molecule has 11 rings (SSSR count). The maximum atomic E-state index is 6.79. The van der Waals surface area contributed by atoms with Gasteiger partial charge in [-0.15, -0.1) is 0 Å². The number of rotatable bonds is 6. The van der Waals surface area contributed by atoms with Gasteiger partial charge >= 0.3 is 0 Å². The van der Waals surface area contributed by atoms with E-state index in [1.54, 1.807) is 0 Å². The van der Waals surface area contributed by atoms with Crippen LogP contribution in [0, 0.1) is 0 Å². The molecule has 0 N–H and O–H groups in total. The van der Waals surface area contributed by atoms with Crippen molar-refractivity contribution in [1.82, 2.24) is 4.57 Å². The fraction of sp³-hybridized carbons (Fsp3) is 0. The molecule has 0 aliphatic carbocycles. The van der Waals surface area contributed by atoms with Crippen LogP contribution in [0.1, 0.15) is 0 Å². The monoisotopic (exact) mass is 702 g/mol. The summed E-state index contributed by atoms with van der Waals surface area (Å²) >= 11 is 0. The summed E-state index contributed by atoms with van der Waals surface area (Å²) in [7, 11) is 0. The average molecular weight is 703 g/mol. The van der Waals surface area contributed by atoms with Gasteiger partial charge in [-0.1, -0.05) is 146 Å². The lowest BCUT2D eigenvalue weighted by atomic mass is 9.99. The summed E-state index contributed by atoms with van der Waals surface area (Å²) in [6, 6.07) is 73.8. The Morgan fingerprint density at radius 1 is 0.382 bits per heavy atom. The maximum Gasteiger partial charge on any atom is 0.160 e. The van der Waals surface area contributed by atoms with E-state index in [1.807, 2.05) is 6.07 Å². The second-order valence-corrected chi connectivity index (χ2v) is 14.1. The van der Waals surface area contributed by atoms with Crippen molar-refractivity contribution < 1.29 is 4.42 Å². The third kappa shape index (κ3) is 5.13. The summed E-state index contributed by atoms with van der Waals surface area (Å²) in [5.41, 5.74) is 13.1. The lowest BCUT2D eigenvalue weighted by Gasteiger charge is -2.26. The van der Waals surface area contributed by atoms with Gasteiger partial charge in [-0.2, -0.15) is 0 Å². The number of fused-ring (bicyclic) bond motifs is 8. The van der Waals surface area contributed by atoms with Gasteiger partial charge in [0.1, 0.15) is 5.58 Å². The molecule has 11 aromatic rings. The molecule has 0 atom stereocenters. The summed E-state index contributed by atoms with van der Waals surface area (Å²) in [6.07, 6.45) is 0. The fourth-order valence-corrected chi connectivity index (χ4v) is 8.39. The zero-order valence-electron chi connectivity index (χ0n) is 29.9. The Morgan fingerprint density at radius 2 is 0.855 bits per heavy atom. The fourth-order valence-electron chi connectivity index (χ4n) is 8.39. The quantitative estimate of drug-likeness (QED) is 0.172. The molecule has 2 aromatic heterocycles. The first-order valence-corrected chi connectivity index (χ1v) is 18.8. The molecule has 9 aromatic carbocycles. The number of anilines is 3. The highest BCUT2D eigenvalue weighted by atomic mass is 16.3. The second-order valence-electron chi connectivity index (χ2n) is 14.1. The zero-order valence-corrected chi connectivity index (χ0v) is 29.9. The predicted octanol–water partition coefficient (Wildman–Crippen LogP) is 14.6. The second kappa shape index (κ2) is 12.6. The van der Waals surface area contributed by atoms with Crippen molar-refractivity contribution in [3.8, 4) is 27.9 Å². The van der Waals surface area contributed by atoms with Gasteiger partial charge in [-0.3, -0.25) is 0 Å². The molecule has 0 amide bonds. The highest BCUT2D eigenvalue weighted by molar-refractivity contribution is 6.23. The van der Waals surface area contributed by atoms with E-state index in [-0.39, 0.29) is 0 Å². The van der Waals surface area contributed by atoms with E-state index < -0.39 is 0 Å². The number of para-hydroxylation sites is 3. The lowest BCUT2D eigenvalue weighted by Crippen LogP contribution is -2.10. The Bertz CT molecular complexity index is 3120. The normalized spacial score (nSPS) is 11.6. The highest BCUT2D eigenvalue weighted by Gasteiger charge is 2.22. The lowest BCUT2D eigenvalue weighted by molar-refractivity contribution is 0.669. The van der Waals surface area contributed by atoms with Gasteiger partial charge in [0.05, 0.1) is 16.7 Å². The molecule has 0 saturated heterocycles. The Balaban J connectivity index is 1.08. The Hall–Kier alpha value is -7.36. The minimum absolute atomic E-state index is 0.868. The highest BCUT2D eigenvalue weighted by Crippen LogP contribution is 2.46. The molecule has 0 fully saturated rings. The van der Waals surface area contributed by atoms with Crippen LogP contribution < -0.4 is 4.90 Å². The van der Waals surface area contributed by atoms with Crippen molar-refractivity contribution in [1.29, 1.82) is 0 Å². The summed E-state index contributed by atoms with van der Waals surface area (Å²) in [4.78, 5) is 2.34. The number of nitrogens with zero attached hydrogens (tertiary/aromatic N) is 2. The van der Waals surface area contributed by atoms with E-state index in [0.29, 0.717) is 0 Å². The number of aromatic nitrogens is 1. The molecular weight excluding hydrogens is 669 g/mol. The third-order valence-electron chi connectivity index (χ3n) is 11.0. The van der Waals surface area contributed by atoms with Crippen molar-refractivity contribution >= 4 is 71.6 Å². The van der Waals surface area contributed by atoms with E-state index in [2.05, 4.69) is 210 Å². The standard InChI is InChI=1S/C52H34N2O/c1-2-12-35(13-3-1)36-22-24-37(25-23-36)38-26-28-40(29-27-38)53(49-34-39-14-4-5-15-43(39)51-46-18-8-11-21-50(46)55-52(49)51)41-30-32-42(33-31-41)54-47-19-9-6-16-44(47)45-17-7-10-20-48(45)54/h1-34H. The Labute approximate surface area is 318 Å². The van der Waals surface area contributed by atoms with E-state index >= 15 is 0 Å².